The van der Waals surface area contributed by atoms with Crippen molar-refractivity contribution in [3.63, 3.8) is 0 Å². The summed E-state index contributed by atoms with van der Waals surface area (Å²) in [6.45, 7) is 2.84. The molecule has 2 N–H and O–H groups in total. The Labute approximate surface area is 177 Å². The second-order valence-corrected chi connectivity index (χ2v) is 9.06. The predicted octanol–water partition coefficient (Wildman–Crippen LogP) is 2.69. The molecule has 26 heavy (non-hydrogen) atoms. The number of nitrogens with zero attached hydrogens (tertiary/aromatic N) is 2. The van der Waals surface area contributed by atoms with Crippen LogP contribution < -0.4 is 10.0 Å². The molecular weight excluding hydrogens is 487 g/mol. The van der Waals surface area contributed by atoms with Gasteiger partial charge in [0.15, 0.2) is 5.96 Å². The van der Waals surface area contributed by atoms with Crippen LogP contribution in [0, 0.1) is 5.41 Å². The maximum Gasteiger partial charge on any atom is 0.240 e. The third kappa shape index (κ3) is 5.02. The zero-order chi connectivity index (χ0) is 17.9. The maximum absolute atomic E-state index is 12.2. The Balaban J connectivity index is 0.00000243. The molecule has 0 unspecified atom stereocenters. The van der Waals surface area contributed by atoms with Gasteiger partial charge in [0.25, 0.3) is 0 Å². The number of aliphatic imine (C=N–C) groups is 1. The Hall–Kier alpha value is -0.580. The summed E-state index contributed by atoms with van der Waals surface area (Å²) >= 11 is 5.86. The topological polar surface area (TPSA) is 73.8 Å². The number of rotatable bonds is 5. The molecular formula is C17H26ClIN4O2S. The van der Waals surface area contributed by atoms with Crippen LogP contribution in [0.25, 0.3) is 0 Å². The Morgan fingerprint density at radius 2 is 2.08 bits per heavy atom. The van der Waals surface area contributed by atoms with Gasteiger partial charge < -0.3 is 10.2 Å². The van der Waals surface area contributed by atoms with Gasteiger partial charge >= 0.3 is 0 Å². The molecule has 146 valence electrons. The highest BCUT2D eigenvalue weighted by Crippen LogP contribution is 2.47. The molecule has 1 aliphatic carbocycles. The lowest BCUT2D eigenvalue weighted by Gasteiger charge is -2.38. The van der Waals surface area contributed by atoms with Gasteiger partial charge in [-0.05, 0) is 42.9 Å². The first kappa shape index (κ1) is 21.7. The van der Waals surface area contributed by atoms with Gasteiger partial charge in [-0.25, -0.2) is 13.1 Å². The average molecular weight is 513 g/mol. The molecule has 2 aliphatic rings. The molecule has 1 saturated heterocycles. The maximum atomic E-state index is 12.2. The van der Waals surface area contributed by atoms with E-state index in [0.717, 1.165) is 19.0 Å². The molecule has 1 aromatic carbocycles. The minimum absolute atomic E-state index is 0. The van der Waals surface area contributed by atoms with E-state index in [-0.39, 0.29) is 35.4 Å². The lowest BCUT2D eigenvalue weighted by Crippen LogP contribution is -2.44. The number of likely N-dealkylation sites (tertiary alicyclic amines) is 1. The average Bonchev–Trinajstić information content (AvgIpc) is 3.01. The summed E-state index contributed by atoms with van der Waals surface area (Å²) in [5.74, 6) is 0.853. The molecule has 1 heterocycles. The molecule has 1 saturated carbocycles. The van der Waals surface area contributed by atoms with Gasteiger partial charge in [0, 0.05) is 38.2 Å². The fourth-order valence-electron chi connectivity index (χ4n) is 3.61. The first-order valence-corrected chi connectivity index (χ1v) is 10.5. The van der Waals surface area contributed by atoms with Crippen LogP contribution >= 0.6 is 35.6 Å². The van der Waals surface area contributed by atoms with Crippen molar-refractivity contribution < 1.29 is 8.42 Å². The van der Waals surface area contributed by atoms with Gasteiger partial charge in [0.1, 0.15) is 0 Å². The van der Waals surface area contributed by atoms with E-state index >= 15 is 0 Å². The summed E-state index contributed by atoms with van der Waals surface area (Å²) in [5.41, 5.74) is 0.506. The lowest BCUT2D eigenvalue weighted by molar-refractivity contribution is 0.151. The smallest absolute Gasteiger partial charge is 0.240 e. The van der Waals surface area contributed by atoms with E-state index in [0.29, 0.717) is 17.0 Å². The van der Waals surface area contributed by atoms with Crippen LogP contribution in [0.2, 0.25) is 5.02 Å². The van der Waals surface area contributed by atoms with E-state index in [9.17, 15) is 8.42 Å². The van der Waals surface area contributed by atoms with Crippen LogP contribution in [0.3, 0.4) is 0 Å². The highest BCUT2D eigenvalue weighted by molar-refractivity contribution is 14.0. The quantitative estimate of drug-likeness (QED) is 0.275. The van der Waals surface area contributed by atoms with Crippen LogP contribution in [0.4, 0.5) is 0 Å². The summed E-state index contributed by atoms with van der Waals surface area (Å²) in [5, 5.41) is 3.66. The zero-order valence-corrected chi connectivity index (χ0v) is 18.8. The fraction of sp³-hybridized carbons (Fsp3) is 0.588. The number of benzene rings is 1. The Morgan fingerprint density at radius 3 is 2.65 bits per heavy atom. The number of hydrogen-bond donors (Lipinski definition) is 2. The standard InChI is InChI=1S/C17H25ClN4O2S.HI/c1-19-16(22-11-8-17(13-22)6-3-7-17)20-9-10-21-25(23,24)15-5-2-4-14(18)12-15;/h2,4-5,12,21H,3,6-11,13H2,1H3,(H,19,20);1H. The Kier molecular flexibility index (Phi) is 7.58. The summed E-state index contributed by atoms with van der Waals surface area (Å²) in [7, 11) is -1.78. The SMILES string of the molecule is CN=C(NCCNS(=O)(=O)c1cccc(Cl)c1)N1CCC2(CCC2)C1.I. The molecule has 1 spiro atoms. The van der Waals surface area contributed by atoms with Gasteiger partial charge in [-0.1, -0.05) is 24.1 Å². The minimum atomic E-state index is -3.55. The van der Waals surface area contributed by atoms with Crippen molar-refractivity contribution in [1.82, 2.24) is 14.9 Å². The molecule has 0 bridgehead atoms. The van der Waals surface area contributed by atoms with Gasteiger partial charge in [-0.2, -0.15) is 0 Å². The van der Waals surface area contributed by atoms with Crippen molar-refractivity contribution in [3.8, 4) is 0 Å². The fourth-order valence-corrected chi connectivity index (χ4v) is 4.94. The van der Waals surface area contributed by atoms with E-state index in [4.69, 9.17) is 11.6 Å². The first-order chi connectivity index (χ1) is 11.9. The van der Waals surface area contributed by atoms with Crippen molar-refractivity contribution in [2.45, 2.75) is 30.6 Å². The Morgan fingerprint density at radius 1 is 1.31 bits per heavy atom. The second kappa shape index (κ2) is 9.07. The van der Waals surface area contributed by atoms with E-state index in [1.807, 2.05) is 0 Å². The molecule has 1 aromatic rings. The molecule has 6 nitrogen and oxygen atoms in total. The molecule has 3 rings (SSSR count). The lowest BCUT2D eigenvalue weighted by atomic mass is 9.68. The molecule has 1 aliphatic heterocycles. The third-order valence-corrected chi connectivity index (χ3v) is 6.86. The van der Waals surface area contributed by atoms with Gasteiger partial charge in [-0.3, -0.25) is 4.99 Å². The van der Waals surface area contributed by atoms with Crippen LogP contribution in [0.15, 0.2) is 34.2 Å². The highest BCUT2D eigenvalue weighted by atomic mass is 127. The summed E-state index contributed by atoms with van der Waals surface area (Å²) < 4.78 is 27.1. The molecule has 0 radical (unpaired) electrons. The number of hydrogen-bond acceptors (Lipinski definition) is 3. The molecule has 9 heteroatoms. The van der Waals surface area contributed by atoms with E-state index in [2.05, 4.69) is 19.9 Å². The van der Waals surface area contributed by atoms with Gasteiger partial charge in [0.05, 0.1) is 4.90 Å². The van der Waals surface area contributed by atoms with E-state index in [1.165, 1.54) is 37.8 Å². The molecule has 2 fully saturated rings. The van der Waals surface area contributed by atoms with Crippen LogP contribution in [-0.4, -0.2) is 52.5 Å². The van der Waals surface area contributed by atoms with Gasteiger partial charge in [0.2, 0.25) is 10.0 Å². The number of sulfonamides is 1. The van der Waals surface area contributed by atoms with Crippen LogP contribution in [-0.2, 0) is 10.0 Å². The monoisotopic (exact) mass is 512 g/mol. The molecule has 0 atom stereocenters. The third-order valence-electron chi connectivity index (χ3n) is 5.17. The summed E-state index contributed by atoms with van der Waals surface area (Å²) in [6.07, 6.45) is 5.21. The van der Waals surface area contributed by atoms with Crippen molar-refractivity contribution in [2.24, 2.45) is 10.4 Å². The zero-order valence-electron chi connectivity index (χ0n) is 14.9. The largest absolute Gasteiger partial charge is 0.355 e. The Bertz CT molecular complexity index is 753. The number of guanidine groups is 1. The first-order valence-electron chi connectivity index (χ1n) is 8.65. The van der Waals surface area contributed by atoms with Crippen molar-refractivity contribution >= 4 is 51.6 Å². The van der Waals surface area contributed by atoms with Crippen molar-refractivity contribution in [2.75, 3.05) is 33.2 Å². The van der Waals surface area contributed by atoms with Crippen molar-refractivity contribution in [3.05, 3.63) is 29.3 Å². The van der Waals surface area contributed by atoms with Crippen molar-refractivity contribution in [1.29, 1.82) is 0 Å². The number of nitrogens with one attached hydrogen (secondary N) is 2. The number of halogens is 2. The summed E-state index contributed by atoms with van der Waals surface area (Å²) in [4.78, 5) is 6.79. The van der Waals surface area contributed by atoms with E-state index in [1.54, 1.807) is 19.2 Å². The predicted molar refractivity (Wildman–Crippen MR) is 116 cm³/mol. The molecule has 0 aromatic heterocycles. The van der Waals surface area contributed by atoms with Crippen LogP contribution in [0.1, 0.15) is 25.7 Å². The second-order valence-electron chi connectivity index (χ2n) is 6.85. The highest BCUT2D eigenvalue weighted by Gasteiger charge is 2.43. The van der Waals surface area contributed by atoms with Gasteiger partial charge in [-0.15, -0.1) is 24.0 Å². The minimum Gasteiger partial charge on any atom is -0.355 e. The van der Waals surface area contributed by atoms with Crippen LogP contribution in [0.5, 0.6) is 0 Å². The molecule has 0 amide bonds. The van der Waals surface area contributed by atoms with E-state index < -0.39 is 10.0 Å². The normalized spacial score (nSPS) is 19.2. The summed E-state index contributed by atoms with van der Waals surface area (Å²) in [6, 6.07) is 6.25.